The summed E-state index contributed by atoms with van der Waals surface area (Å²) in [5.41, 5.74) is -0.185. The predicted molar refractivity (Wildman–Crippen MR) is 147 cm³/mol. The monoisotopic (exact) mass is 578 g/mol. The third-order valence-electron chi connectivity index (χ3n) is 7.82. The Kier molecular flexibility index (Phi) is 10.4. The van der Waals surface area contributed by atoms with Gasteiger partial charge in [0.05, 0.1) is 6.61 Å². The summed E-state index contributed by atoms with van der Waals surface area (Å²) >= 11 is 0. The summed E-state index contributed by atoms with van der Waals surface area (Å²) in [6.45, 7) is -0.335. The van der Waals surface area contributed by atoms with E-state index < -0.39 is 47.8 Å². The van der Waals surface area contributed by atoms with Gasteiger partial charge in [-0.05, 0) is 54.7 Å². The molecule has 1 aliphatic rings. The Morgan fingerprint density at radius 3 is 2.12 bits per heavy atom. The van der Waals surface area contributed by atoms with Crippen LogP contribution in [0, 0.1) is 11.7 Å². The van der Waals surface area contributed by atoms with E-state index in [0.29, 0.717) is 11.5 Å². The van der Waals surface area contributed by atoms with Gasteiger partial charge >= 0.3 is 12.1 Å². The van der Waals surface area contributed by atoms with Crippen molar-refractivity contribution in [3.63, 3.8) is 0 Å². The molecule has 0 unspecified atom stereocenters. The first-order chi connectivity index (χ1) is 19.6. The molecule has 0 heterocycles. The molecule has 222 valence electrons. The first kappa shape index (κ1) is 30.9. The molecular formula is C33H36F6O2. The summed E-state index contributed by atoms with van der Waals surface area (Å²) in [5, 5.41) is 0. The highest BCUT2D eigenvalue weighted by Gasteiger charge is 2.41. The van der Waals surface area contributed by atoms with Crippen LogP contribution in [0.25, 0.3) is 0 Å². The maximum atomic E-state index is 16.0. The average Bonchev–Trinajstić information content (AvgIpc) is 2.96. The third-order valence-corrected chi connectivity index (χ3v) is 7.82. The highest BCUT2D eigenvalue weighted by molar-refractivity contribution is 5.47. The Hall–Kier alpha value is -3.00. The van der Waals surface area contributed by atoms with Gasteiger partial charge in [0.2, 0.25) is 0 Å². The molecule has 4 rings (SSSR count). The van der Waals surface area contributed by atoms with E-state index in [0.717, 1.165) is 49.3 Å². The van der Waals surface area contributed by atoms with Gasteiger partial charge in [-0.2, -0.15) is 22.0 Å². The van der Waals surface area contributed by atoms with Crippen LogP contribution in [0.5, 0.6) is 5.75 Å². The predicted octanol–water partition coefficient (Wildman–Crippen LogP) is 10.1. The van der Waals surface area contributed by atoms with Crippen molar-refractivity contribution >= 4 is 0 Å². The minimum Gasteiger partial charge on any atom is -0.488 e. The zero-order valence-electron chi connectivity index (χ0n) is 23.2. The van der Waals surface area contributed by atoms with Gasteiger partial charge in [0.15, 0.2) is 0 Å². The molecule has 1 saturated carbocycles. The van der Waals surface area contributed by atoms with Crippen molar-refractivity contribution < 1.29 is 35.8 Å². The zero-order valence-corrected chi connectivity index (χ0v) is 23.2. The zero-order chi connectivity index (χ0) is 29.5. The lowest BCUT2D eigenvalue weighted by atomic mass is 9.77. The largest absolute Gasteiger partial charge is 0.488 e. The van der Waals surface area contributed by atoms with Crippen molar-refractivity contribution in [3.05, 3.63) is 100 Å². The molecule has 8 heteroatoms. The molecule has 0 spiro atoms. The van der Waals surface area contributed by atoms with E-state index in [1.807, 2.05) is 0 Å². The van der Waals surface area contributed by atoms with Crippen molar-refractivity contribution in [1.82, 2.24) is 0 Å². The molecule has 3 aromatic carbocycles. The number of ether oxygens (including phenoxy) is 2. The van der Waals surface area contributed by atoms with Crippen LogP contribution in [0.3, 0.4) is 0 Å². The number of unbranched alkanes of at least 4 members (excludes halogenated alkanes) is 1. The summed E-state index contributed by atoms with van der Waals surface area (Å²) in [6.07, 6.45) is 3.28. The van der Waals surface area contributed by atoms with E-state index in [4.69, 9.17) is 4.74 Å². The first-order valence-electron chi connectivity index (χ1n) is 14.2. The molecule has 0 atom stereocenters. The molecule has 1 aliphatic carbocycles. The molecule has 0 bridgehead atoms. The molecule has 0 N–H and O–H groups in total. The van der Waals surface area contributed by atoms with Gasteiger partial charge in [-0.1, -0.05) is 86.8 Å². The molecule has 1 fully saturated rings. The second-order valence-corrected chi connectivity index (χ2v) is 10.9. The van der Waals surface area contributed by atoms with Crippen molar-refractivity contribution in [3.8, 4) is 5.75 Å². The summed E-state index contributed by atoms with van der Waals surface area (Å²) in [6, 6.07) is 17.0. The minimum absolute atomic E-state index is 0.0901. The van der Waals surface area contributed by atoms with E-state index in [2.05, 4.69) is 11.7 Å². The molecular weight excluding hydrogens is 542 g/mol. The Bertz CT molecular complexity index is 1230. The Balaban J connectivity index is 1.57. The van der Waals surface area contributed by atoms with Gasteiger partial charge in [0.25, 0.3) is 0 Å². The van der Waals surface area contributed by atoms with E-state index in [-0.39, 0.29) is 12.4 Å². The van der Waals surface area contributed by atoms with Crippen LogP contribution in [0.15, 0.2) is 66.7 Å². The minimum atomic E-state index is -4.63. The number of benzene rings is 3. The third kappa shape index (κ3) is 8.28. The SMILES string of the molecule is CCCCC1CCC(c2ccc(C(F)(F)c3c(OCc4ccccc4)ccc(COCC(F)(F)F)c3F)cc2)CC1. The lowest BCUT2D eigenvalue weighted by molar-refractivity contribution is -0.176. The van der Waals surface area contributed by atoms with Crippen molar-refractivity contribution in [2.45, 2.75) is 83.1 Å². The van der Waals surface area contributed by atoms with Gasteiger partial charge < -0.3 is 9.47 Å². The fourth-order valence-electron chi connectivity index (χ4n) is 5.52. The maximum absolute atomic E-state index is 16.0. The summed E-state index contributed by atoms with van der Waals surface area (Å²) in [4.78, 5) is 0. The number of rotatable bonds is 12. The molecule has 41 heavy (non-hydrogen) atoms. The first-order valence-corrected chi connectivity index (χ1v) is 14.2. The van der Waals surface area contributed by atoms with Crippen molar-refractivity contribution in [2.75, 3.05) is 6.61 Å². The van der Waals surface area contributed by atoms with Gasteiger partial charge in [-0.3, -0.25) is 0 Å². The van der Waals surface area contributed by atoms with Gasteiger partial charge in [-0.25, -0.2) is 4.39 Å². The molecule has 0 saturated heterocycles. The number of halogens is 6. The number of alkyl halides is 5. The second-order valence-electron chi connectivity index (χ2n) is 10.9. The van der Waals surface area contributed by atoms with E-state index in [1.54, 1.807) is 42.5 Å². The van der Waals surface area contributed by atoms with Crippen LogP contribution in [0.1, 0.15) is 85.6 Å². The molecule has 0 radical (unpaired) electrons. The highest BCUT2D eigenvalue weighted by atomic mass is 19.4. The topological polar surface area (TPSA) is 18.5 Å². The van der Waals surface area contributed by atoms with Crippen LogP contribution in [-0.4, -0.2) is 12.8 Å². The number of hydrogen-bond acceptors (Lipinski definition) is 2. The maximum Gasteiger partial charge on any atom is 0.411 e. The highest BCUT2D eigenvalue weighted by Crippen LogP contribution is 2.44. The molecule has 0 aliphatic heterocycles. The molecule has 2 nitrogen and oxygen atoms in total. The van der Waals surface area contributed by atoms with Gasteiger partial charge in [-0.15, -0.1) is 0 Å². The standard InChI is InChI=1S/C33H36F6O2/c1-2-3-7-23-10-12-25(13-11-23)26-14-17-28(18-15-26)33(38,39)30-29(41-20-24-8-5-4-6-9-24)19-16-27(31(30)34)21-40-22-32(35,36)37/h4-6,8-9,14-19,23,25H,2-3,7,10-13,20-22H2,1H3. The fraction of sp³-hybridized carbons (Fsp3) is 0.455. The lowest BCUT2D eigenvalue weighted by Gasteiger charge is -2.29. The Labute approximate surface area is 237 Å². The van der Waals surface area contributed by atoms with E-state index in [9.17, 15) is 13.2 Å². The molecule has 0 aromatic heterocycles. The fourth-order valence-corrected chi connectivity index (χ4v) is 5.52. The second kappa shape index (κ2) is 13.8. The summed E-state index contributed by atoms with van der Waals surface area (Å²) in [5.74, 6) is -4.53. The van der Waals surface area contributed by atoms with Gasteiger partial charge in [0, 0.05) is 11.1 Å². The Morgan fingerprint density at radius 2 is 1.49 bits per heavy atom. The Morgan fingerprint density at radius 1 is 0.805 bits per heavy atom. The van der Waals surface area contributed by atoms with Crippen molar-refractivity contribution in [1.29, 1.82) is 0 Å². The van der Waals surface area contributed by atoms with E-state index in [1.165, 1.54) is 31.4 Å². The van der Waals surface area contributed by atoms with Gasteiger partial charge in [0.1, 0.15) is 30.3 Å². The molecule has 3 aromatic rings. The average molecular weight is 579 g/mol. The van der Waals surface area contributed by atoms with Crippen molar-refractivity contribution in [2.24, 2.45) is 5.92 Å². The summed E-state index contributed by atoms with van der Waals surface area (Å²) < 4.78 is 95.6. The molecule has 0 amide bonds. The lowest BCUT2D eigenvalue weighted by Crippen LogP contribution is -2.21. The van der Waals surface area contributed by atoms with Crippen LogP contribution in [0.4, 0.5) is 26.3 Å². The summed E-state index contributed by atoms with van der Waals surface area (Å²) in [7, 11) is 0. The number of hydrogen-bond donors (Lipinski definition) is 0. The van der Waals surface area contributed by atoms with Crippen LogP contribution in [-0.2, 0) is 23.9 Å². The quantitative estimate of drug-likeness (QED) is 0.199. The van der Waals surface area contributed by atoms with Crippen LogP contribution in [0.2, 0.25) is 0 Å². The normalized spacial score (nSPS) is 17.9. The smallest absolute Gasteiger partial charge is 0.411 e. The van der Waals surface area contributed by atoms with Crippen LogP contribution >= 0.6 is 0 Å². The van der Waals surface area contributed by atoms with Crippen LogP contribution < -0.4 is 4.74 Å². The van der Waals surface area contributed by atoms with E-state index >= 15 is 13.2 Å².